The zero-order chi connectivity index (χ0) is 21.0. The maximum Gasteiger partial charge on any atom is 0.283 e. The molecule has 1 N–H and O–H groups in total. The number of amides is 1. The largest absolute Gasteiger partial charge is 0.496 e. The van der Waals surface area contributed by atoms with Crippen molar-refractivity contribution in [1.29, 1.82) is 0 Å². The highest BCUT2D eigenvalue weighted by atomic mass is 127. The van der Waals surface area contributed by atoms with Gasteiger partial charge in [-0.1, -0.05) is 45.5 Å². The number of thiazole rings is 1. The Bertz CT molecular complexity index is 935. The second kappa shape index (κ2) is 9.91. The third kappa shape index (κ3) is 5.61. The minimum absolute atomic E-state index is 0.0849. The number of hydrogen-bond acceptors (Lipinski definition) is 5. The molecule has 1 fully saturated rings. The zero-order valence-electron chi connectivity index (χ0n) is 16.4. The summed E-state index contributed by atoms with van der Waals surface area (Å²) in [5.74, 6) is -0.0186. The molecule has 6 nitrogen and oxygen atoms in total. The van der Waals surface area contributed by atoms with Crippen molar-refractivity contribution in [3.63, 3.8) is 0 Å². The van der Waals surface area contributed by atoms with Crippen LogP contribution in [0.15, 0.2) is 29.4 Å². The molecule has 0 radical (unpaired) electrons. The SMILES string of the molecule is COc1ccc(Cl)cc1C(=O)N=c1sc(C(C)(O)CCI)cn1C[C@H]1CCCO1. The smallest absolute Gasteiger partial charge is 0.283 e. The topological polar surface area (TPSA) is 73.0 Å². The van der Waals surface area contributed by atoms with Gasteiger partial charge in [0.2, 0.25) is 0 Å². The third-order valence-electron chi connectivity index (χ3n) is 4.85. The van der Waals surface area contributed by atoms with Gasteiger partial charge in [-0.3, -0.25) is 4.79 Å². The molecule has 2 atom stereocenters. The van der Waals surface area contributed by atoms with Gasteiger partial charge in [0.05, 0.1) is 35.8 Å². The first-order chi connectivity index (χ1) is 13.8. The maximum absolute atomic E-state index is 12.9. The number of alkyl halides is 1. The van der Waals surface area contributed by atoms with Crippen LogP contribution in [0.25, 0.3) is 0 Å². The number of ether oxygens (including phenoxy) is 2. The molecule has 0 aliphatic carbocycles. The fourth-order valence-electron chi connectivity index (χ4n) is 3.16. The molecule has 3 rings (SSSR count). The fraction of sp³-hybridized carbons (Fsp3) is 0.500. The van der Waals surface area contributed by atoms with E-state index < -0.39 is 11.5 Å². The van der Waals surface area contributed by atoms with Crippen molar-refractivity contribution in [2.75, 3.05) is 18.1 Å². The van der Waals surface area contributed by atoms with E-state index in [4.69, 9.17) is 21.1 Å². The molecule has 158 valence electrons. The van der Waals surface area contributed by atoms with E-state index in [1.807, 2.05) is 10.8 Å². The number of aromatic nitrogens is 1. The van der Waals surface area contributed by atoms with Crippen LogP contribution < -0.4 is 9.54 Å². The fourth-order valence-corrected chi connectivity index (χ4v) is 5.45. The summed E-state index contributed by atoms with van der Waals surface area (Å²) in [6.45, 7) is 3.13. The van der Waals surface area contributed by atoms with Crippen molar-refractivity contribution in [3.05, 3.63) is 44.7 Å². The van der Waals surface area contributed by atoms with E-state index in [-0.39, 0.29) is 6.10 Å². The average molecular weight is 551 g/mol. The molecule has 9 heteroatoms. The molecule has 0 spiro atoms. The van der Waals surface area contributed by atoms with Crippen molar-refractivity contribution < 1.29 is 19.4 Å². The normalized spacial score (nSPS) is 19.3. The molecule has 1 aliphatic rings. The molecular weight excluding hydrogens is 527 g/mol. The number of hydrogen-bond donors (Lipinski definition) is 1. The van der Waals surface area contributed by atoms with Crippen LogP contribution in [0.2, 0.25) is 5.02 Å². The van der Waals surface area contributed by atoms with Crippen molar-refractivity contribution in [1.82, 2.24) is 4.57 Å². The van der Waals surface area contributed by atoms with Gasteiger partial charge in [-0.2, -0.15) is 4.99 Å². The highest BCUT2D eigenvalue weighted by Gasteiger charge is 2.27. The minimum Gasteiger partial charge on any atom is -0.496 e. The number of benzene rings is 1. The van der Waals surface area contributed by atoms with Crippen LogP contribution in [-0.4, -0.2) is 39.8 Å². The number of methoxy groups -OCH3 is 1. The third-order valence-corrected chi connectivity index (χ3v) is 6.89. The van der Waals surface area contributed by atoms with Gasteiger partial charge in [-0.25, -0.2) is 0 Å². The molecule has 1 saturated heterocycles. The molecule has 1 aliphatic heterocycles. The van der Waals surface area contributed by atoms with Crippen LogP contribution in [0.5, 0.6) is 5.75 Å². The van der Waals surface area contributed by atoms with Gasteiger partial charge >= 0.3 is 0 Å². The van der Waals surface area contributed by atoms with Gasteiger partial charge in [-0.05, 0) is 44.4 Å². The zero-order valence-corrected chi connectivity index (χ0v) is 20.1. The van der Waals surface area contributed by atoms with Crippen LogP contribution in [0.4, 0.5) is 0 Å². The standard InChI is InChI=1S/C20H24ClIN2O4S/c1-20(26,7-8-22)17-12-24(11-14-4-3-9-28-14)19(29-17)23-18(25)15-10-13(21)5-6-16(15)27-2/h5-6,10,12,14,26H,3-4,7-9,11H2,1-2H3/t14-,20?/m1/s1. The maximum atomic E-state index is 12.9. The first-order valence-electron chi connectivity index (χ1n) is 9.37. The van der Waals surface area contributed by atoms with Crippen LogP contribution in [0.1, 0.15) is 41.4 Å². The lowest BCUT2D eigenvalue weighted by Gasteiger charge is -2.19. The molecule has 1 aromatic carbocycles. The highest BCUT2D eigenvalue weighted by molar-refractivity contribution is 14.1. The molecular formula is C20H24ClIN2O4S. The molecule has 1 unspecified atom stereocenters. The summed E-state index contributed by atoms with van der Waals surface area (Å²) in [6.07, 6.45) is 4.59. The summed E-state index contributed by atoms with van der Waals surface area (Å²) in [6, 6.07) is 4.87. The second-order valence-electron chi connectivity index (χ2n) is 7.14. The predicted octanol–water partition coefficient (Wildman–Crippen LogP) is 4.16. The van der Waals surface area contributed by atoms with E-state index in [0.29, 0.717) is 34.1 Å². The van der Waals surface area contributed by atoms with Gasteiger partial charge in [0.25, 0.3) is 5.91 Å². The first-order valence-corrected chi connectivity index (χ1v) is 12.1. The van der Waals surface area contributed by atoms with E-state index in [2.05, 4.69) is 27.6 Å². The summed E-state index contributed by atoms with van der Waals surface area (Å²) >= 11 is 9.63. The number of rotatable bonds is 7. The summed E-state index contributed by atoms with van der Waals surface area (Å²) in [4.78, 5) is 18.6. The lowest BCUT2D eigenvalue weighted by Crippen LogP contribution is -2.23. The van der Waals surface area contributed by atoms with E-state index in [1.165, 1.54) is 18.4 Å². The van der Waals surface area contributed by atoms with Gasteiger partial charge in [0, 0.05) is 22.3 Å². The van der Waals surface area contributed by atoms with Gasteiger partial charge in [0.15, 0.2) is 4.80 Å². The summed E-state index contributed by atoms with van der Waals surface area (Å²) in [5.41, 5.74) is -0.674. The lowest BCUT2D eigenvalue weighted by molar-refractivity contribution is 0.0580. The molecule has 29 heavy (non-hydrogen) atoms. The number of carbonyl (C=O) groups is 1. The predicted molar refractivity (Wildman–Crippen MR) is 122 cm³/mol. The van der Waals surface area contributed by atoms with E-state index in [0.717, 1.165) is 28.8 Å². The average Bonchev–Trinajstić information content (AvgIpc) is 3.33. The van der Waals surface area contributed by atoms with Crippen molar-refractivity contribution in [2.24, 2.45) is 4.99 Å². The Morgan fingerprint density at radius 1 is 1.55 bits per heavy atom. The van der Waals surface area contributed by atoms with E-state index in [9.17, 15) is 9.90 Å². The highest BCUT2D eigenvalue weighted by Crippen LogP contribution is 2.28. The number of nitrogens with zero attached hydrogens (tertiary/aromatic N) is 2. The Morgan fingerprint density at radius 2 is 2.34 bits per heavy atom. The van der Waals surface area contributed by atoms with Gasteiger partial charge in [-0.15, -0.1) is 0 Å². The summed E-state index contributed by atoms with van der Waals surface area (Å²) < 4.78 is 13.8. The molecule has 0 bridgehead atoms. The van der Waals surface area contributed by atoms with Crippen LogP contribution in [0, 0.1) is 0 Å². The number of aliphatic hydroxyl groups is 1. The molecule has 1 amide bonds. The van der Waals surface area contributed by atoms with Crippen molar-refractivity contribution in [2.45, 2.75) is 44.4 Å². The quantitative estimate of drug-likeness (QED) is 0.415. The van der Waals surface area contributed by atoms with E-state index in [1.54, 1.807) is 25.1 Å². The molecule has 0 saturated carbocycles. The Balaban J connectivity index is 2.02. The van der Waals surface area contributed by atoms with Crippen molar-refractivity contribution >= 4 is 51.4 Å². The number of halogens is 2. The second-order valence-corrected chi connectivity index (χ2v) is 9.66. The molecule has 1 aromatic heterocycles. The van der Waals surface area contributed by atoms with Crippen LogP contribution in [0.3, 0.4) is 0 Å². The Hall–Kier alpha value is -0.940. The number of carbonyl (C=O) groups excluding carboxylic acids is 1. The van der Waals surface area contributed by atoms with E-state index >= 15 is 0 Å². The summed E-state index contributed by atoms with van der Waals surface area (Å²) in [7, 11) is 1.50. The summed E-state index contributed by atoms with van der Waals surface area (Å²) in [5, 5.41) is 11.3. The van der Waals surface area contributed by atoms with Gasteiger partial charge in [0.1, 0.15) is 5.75 Å². The monoisotopic (exact) mass is 550 g/mol. The van der Waals surface area contributed by atoms with Crippen LogP contribution in [-0.2, 0) is 16.9 Å². The Kier molecular flexibility index (Phi) is 7.77. The van der Waals surface area contributed by atoms with Crippen molar-refractivity contribution in [3.8, 4) is 5.75 Å². The molecule has 2 heterocycles. The Labute approximate surface area is 192 Å². The van der Waals surface area contributed by atoms with Gasteiger partial charge < -0.3 is 19.1 Å². The van der Waals surface area contributed by atoms with Crippen LogP contribution >= 0.6 is 45.5 Å². The lowest BCUT2D eigenvalue weighted by atomic mass is 10.0. The minimum atomic E-state index is -0.977. The Morgan fingerprint density at radius 3 is 3.00 bits per heavy atom. The first kappa shape index (κ1) is 22.7. The molecule has 2 aromatic rings.